The zero-order chi connectivity index (χ0) is 12.1. The monoisotopic (exact) mass is 244 g/mol. The summed E-state index contributed by atoms with van der Waals surface area (Å²) in [5.41, 5.74) is 0.885. The number of nitrogens with zero attached hydrogens (tertiary/aromatic N) is 1. The third-order valence-corrected chi connectivity index (χ3v) is 3.32. The molecule has 0 unspecified atom stereocenters. The molecule has 0 amide bonds. The summed E-state index contributed by atoms with van der Waals surface area (Å²) in [4.78, 5) is 10.1. The Hall–Kier alpha value is -0.980. The van der Waals surface area contributed by atoms with E-state index in [9.17, 15) is 10.1 Å². The highest BCUT2D eigenvalue weighted by molar-refractivity contribution is 7.13. The van der Waals surface area contributed by atoms with Crippen molar-refractivity contribution in [2.75, 3.05) is 6.61 Å². The molecule has 2 N–H and O–H groups in total. The van der Waals surface area contributed by atoms with Crippen molar-refractivity contribution in [2.45, 2.75) is 26.4 Å². The second-order valence-corrected chi connectivity index (χ2v) is 4.85. The predicted octanol–water partition coefficient (Wildman–Crippen LogP) is 1.76. The van der Waals surface area contributed by atoms with E-state index >= 15 is 0 Å². The maximum absolute atomic E-state index is 10.5. The van der Waals surface area contributed by atoms with Gasteiger partial charge in [0.1, 0.15) is 0 Å². The van der Waals surface area contributed by atoms with Crippen molar-refractivity contribution < 1.29 is 10.0 Å². The van der Waals surface area contributed by atoms with E-state index in [0.717, 1.165) is 16.9 Å². The first-order chi connectivity index (χ1) is 7.54. The van der Waals surface area contributed by atoms with Gasteiger partial charge >= 0.3 is 5.00 Å². The average Bonchev–Trinajstić information content (AvgIpc) is 2.67. The van der Waals surface area contributed by atoms with Gasteiger partial charge in [0.2, 0.25) is 0 Å². The molecule has 0 aliphatic carbocycles. The minimum Gasteiger partial charge on any atom is -0.395 e. The van der Waals surface area contributed by atoms with Crippen molar-refractivity contribution in [3.63, 3.8) is 0 Å². The zero-order valence-corrected chi connectivity index (χ0v) is 10.2. The Labute approximate surface area is 98.3 Å². The second kappa shape index (κ2) is 5.93. The third kappa shape index (κ3) is 3.55. The lowest BCUT2D eigenvalue weighted by molar-refractivity contribution is -0.380. The molecule has 0 aliphatic heterocycles. The summed E-state index contributed by atoms with van der Waals surface area (Å²) in [6, 6.07) is 1.59. The number of hydrogen-bond acceptors (Lipinski definition) is 5. The lowest BCUT2D eigenvalue weighted by atomic mass is 10.1. The number of aliphatic hydroxyl groups excluding tert-OH is 1. The quantitative estimate of drug-likeness (QED) is 0.590. The van der Waals surface area contributed by atoms with Crippen molar-refractivity contribution in [1.82, 2.24) is 5.32 Å². The van der Waals surface area contributed by atoms with Crippen LogP contribution in [0, 0.1) is 16.0 Å². The summed E-state index contributed by atoms with van der Waals surface area (Å²) >= 11 is 1.12. The minimum atomic E-state index is -0.389. The van der Waals surface area contributed by atoms with E-state index in [4.69, 9.17) is 5.11 Å². The number of hydrogen-bond donors (Lipinski definition) is 2. The molecule has 1 heterocycles. The molecule has 6 heteroatoms. The Morgan fingerprint density at radius 3 is 2.75 bits per heavy atom. The van der Waals surface area contributed by atoms with Gasteiger partial charge in [-0.05, 0) is 11.5 Å². The van der Waals surface area contributed by atoms with Gasteiger partial charge in [0.05, 0.1) is 11.5 Å². The van der Waals surface area contributed by atoms with Crippen LogP contribution in [0.3, 0.4) is 0 Å². The van der Waals surface area contributed by atoms with Gasteiger partial charge in [-0.3, -0.25) is 10.1 Å². The fourth-order valence-corrected chi connectivity index (χ4v) is 2.04. The molecular formula is C10H16N2O3S. The second-order valence-electron chi connectivity index (χ2n) is 3.96. The predicted molar refractivity (Wildman–Crippen MR) is 63.5 cm³/mol. The van der Waals surface area contributed by atoms with Crippen LogP contribution in [-0.2, 0) is 6.54 Å². The maximum atomic E-state index is 10.5. The largest absolute Gasteiger partial charge is 0.395 e. The standard InChI is InChI=1S/C10H16N2O3S/c1-7(2)9(5-13)11-4-8-3-10(12(14)15)16-6-8/h3,6-7,9,11,13H,4-5H2,1-2H3/t9-/m1/s1. The van der Waals surface area contributed by atoms with Crippen LogP contribution in [0.1, 0.15) is 19.4 Å². The van der Waals surface area contributed by atoms with E-state index in [1.165, 1.54) is 0 Å². The highest BCUT2D eigenvalue weighted by atomic mass is 32.1. The summed E-state index contributed by atoms with van der Waals surface area (Å²) in [7, 11) is 0. The molecule has 0 bridgehead atoms. The Morgan fingerprint density at radius 1 is 1.62 bits per heavy atom. The summed E-state index contributed by atoms with van der Waals surface area (Å²) in [6.07, 6.45) is 0. The van der Waals surface area contributed by atoms with E-state index < -0.39 is 0 Å². The number of nitro groups is 1. The van der Waals surface area contributed by atoms with Crippen molar-refractivity contribution >= 4 is 16.3 Å². The maximum Gasteiger partial charge on any atom is 0.324 e. The van der Waals surface area contributed by atoms with Gasteiger partial charge in [-0.1, -0.05) is 25.2 Å². The normalized spacial score (nSPS) is 13.0. The molecule has 0 saturated carbocycles. The van der Waals surface area contributed by atoms with E-state index in [2.05, 4.69) is 5.32 Å². The molecule has 0 saturated heterocycles. The van der Waals surface area contributed by atoms with Crippen LogP contribution in [0.15, 0.2) is 11.4 Å². The lowest BCUT2D eigenvalue weighted by Crippen LogP contribution is -2.36. The number of nitrogens with one attached hydrogen (secondary N) is 1. The van der Waals surface area contributed by atoms with Crippen LogP contribution >= 0.6 is 11.3 Å². The van der Waals surface area contributed by atoms with Gasteiger partial charge in [0.15, 0.2) is 0 Å². The first-order valence-corrected chi connectivity index (χ1v) is 5.98. The van der Waals surface area contributed by atoms with Crippen molar-refractivity contribution in [1.29, 1.82) is 0 Å². The average molecular weight is 244 g/mol. The summed E-state index contributed by atoms with van der Waals surface area (Å²) in [5, 5.41) is 24.7. The fourth-order valence-electron chi connectivity index (χ4n) is 1.31. The number of thiophene rings is 1. The van der Waals surface area contributed by atoms with Gasteiger partial charge in [0.25, 0.3) is 0 Å². The smallest absolute Gasteiger partial charge is 0.324 e. The Morgan fingerprint density at radius 2 is 2.31 bits per heavy atom. The zero-order valence-electron chi connectivity index (χ0n) is 9.34. The Balaban J connectivity index is 2.50. The molecule has 1 atom stereocenters. The van der Waals surface area contributed by atoms with Crippen LogP contribution in [0.25, 0.3) is 0 Å². The number of rotatable bonds is 6. The highest BCUT2D eigenvalue weighted by Crippen LogP contribution is 2.22. The van der Waals surface area contributed by atoms with Crippen LogP contribution in [0.4, 0.5) is 5.00 Å². The molecule has 0 aliphatic rings. The first-order valence-electron chi connectivity index (χ1n) is 5.10. The topological polar surface area (TPSA) is 75.4 Å². The first kappa shape index (κ1) is 13.1. The molecule has 0 radical (unpaired) electrons. The van der Waals surface area contributed by atoms with Crippen molar-refractivity contribution in [3.8, 4) is 0 Å². The lowest BCUT2D eigenvalue weighted by Gasteiger charge is -2.19. The van der Waals surface area contributed by atoms with Crippen LogP contribution < -0.4 is 5.32 Å². The number of aliphatic hydroxyl groups is 1. The molecular weight excluding hydrogens is 228 g/mol. The molecule has 90 valence electrons. The molecule has 16 heavy (non-hydrogen) atoms. The van der Waals surface area contributed by atoms with Crippen LogP contribution in [0.5, 0.6) is 0 Å². The van der Waals surface area contributed by atoms with Gasteiger partial charge in [0, 0.05) is 24.0 Å². The molecule has 0 aromatic carbocycles. The van der Waals surface area contributed by atoms with Gasteiger partial charge in [-0.2, -0.15) is 0 Å². The molecule has 1 aromatic heterocycles. The Bertz CT molecular complexity index is 352. The van der Waals surface area contributed by atoms with Crippen molar-refractivity contribution in [2.24, 2.45) is 5.92 Å². The molecule has 0 spiro atoms. The SMILES string of the molecule is CC(C)[C@@H](CO)NCc1csc([N+](=O)[O-])c1. The Kier molecular flexibility index (Phi) is 4.85. The van der Waals surface area contributed by atoms with E-state index in [-0.39, 0.29) is 22.6 Å². The van der Waals surface area contributed by atoms with E-state index in [1.807, 2.05) is 13.8 Å². The molecule has 1 rings (SSSR count). The molecule has 5 nitrogen and oxygen atoms in total. The van der Waals surface area contributed by atoms with Gasteiger partial charge < -0.3 is 10.4 Å². The van der Waals surface area contributed by atoms with E-state index in [0.29, 0.717) is 12.5 Å². The summed E-state index contributed by atoms with van der Waals surface area (Å²) in [5.74, 6) is 0.332. The summed E-state index contributed by atoms with van der Waals surface area (Å²) in [6.45, 7) is 4.66. The van der Waals surface area contributed by atoms with Crippen LogP contribution in [0.2, 0.25) is 0 Å². The van der Waals surface area contributed by atoms with Crippen molar-refractivity contribution in [3.05, 3.63) is 27.1 Å². The van der Waals surface area contributed by atoms with E-state index in [1.54, 1.807) is 11.4 Å². The molecule has 0 fully saturated rings. The highest BCUT2D eigenvalue weighted by Gasteiger charge is 2.13. The fraction of sp³-hybridized carbons (Fsp3) is 0.600. The summed E-state index contributed by atoms with van der Waals surface area (Å²) < 4.78 is 0. The minimum absolute atomic E-state index is 0.0268. The third-order valence-electron chi connectivity index (χ3n) is 2.39. The molecule has 1 aromatic rings. The van der Waals surface area contributed by atoms with Gasteiger partial charge in [-0.25, -0.2) is 0 Å². The van der Waals surface area contributed by atoms with Gasteiger partial charge in [-0.15, -0.1) is 0 Å². The van der Waals surface area contributed by atoms with Crippen LogP contribution in [-0.4, -0.2) is 22.7 Å².